The molecule has 1 radical (unpaired) electrons. The van der Waals surface area contributed by atoms with Gasteiger partial charge in [0.2, 0.25) is 0 Å². The molecule has 0 saturated carbocycles. The van der Waals surface area contributed by atoms with E-state index < -0.39 is 6.17 Å². The molecule has 0 aromatic carbocycles. The van der Waals surface area contributed by atoms with Gasteiger partial charge in [0, 0.05) is 0 Å². The molecule has 0 fully saturated rings. The van der Waals surface area contributed by atoms with E-state index in [9.17, 15) is 4.39 Å². The quantitative estimate of drug-likeness (QED) is 0.443. The van der Waals surface area contributed by atoms with Crippen molar-refractivity contribution in [3.63, 3.8) is 0 Å². The normalized spacial score (nSPS) is 15.0. The molecule has 0 aliphatic rings. The van der Waals surface area contributed by atoms with Gasteiger partial charge in [-0.15, -0.1) is 0 Å². The van der Waals surface area contributed by atoms with Crippen LogP contribution >= 0.6 is 0 Å². The molecule has 1 unspecified atom stereocenters. The van der Waals surface area contributed by atoms with Gasteiger partial charge in [-0.2, -0.15) is 0 Å². The average Bonchev–Trinajstić information content (AvgIpc) is 1.38. The van der Waals surface area contributed by atoms with Gasteiger partial charge in [-0.1, -0.05) is 6.92 Å². The third-order valence-corrected chi connectivity index (χ3v) is 0.443. The zero-order valence-corrected chi connectivity index (χ0v) is 3.37. The van der Waals surface area contributed by atoms with Gasteiger partial charge < -0.3 is 0 Å². The standard InChI is InChI=1S/C4H8F/c1-3-4(2)5/h4H,2-3H2,1H3. The average molecular weight is 75.1 g/mol. The summed E-state index contributed by atoms with van der Waals surface area (Å²) in [6, 6.07) is 0. The Balaban J connectivity index is 2.54. The second kappa shape index (κ2) is 2.18. The Labute approximate surface area is 32.0 Å². The summed E-state index contributed by atoms with van der Waals surface area (Å²) in [7, 11) is 0. The Bertz CT molecular complexity index is 17.6. The minimum Gasteiger partial charge on any atom is -0.248 e. The fourth-order valence-electron chi connectivity index (χ4n) is 0. The molecule has 0 amide bonds. The van der Waals surface area contributed by atoms with Gasteiger partial charge in [0.05, 0.1) is 6.17 Å². The Morgan fingerprint density at radius 3 is 2.20 bits per heavy atom. The van der Waals surface area contributed by atoms with Crippen molar-refractivity contribution in [2.75, 3.05) is 0 Å². The number of alkyl halides is 1. The molecule has 5 heavy (non-hydrogen) atoms. The van der Waals surface area contributed by atoms with Crippen molar-refractivity contribution in [1.82, 2.24) is 0 Å². The van der Waals surface area contributed by atoms with Crippen LogP contribution < -0.4 is 0 Å². The predicted octanol–water partition coefficient (Wildman–Crippen LogP) is 1.57. The van der Waals surface area contributed by atoms with Crippen LogP contribution in [-0.4, -0.2) is 6.17 Å². The Morgan fingerprint density at radius 2 is 2.20 bits per heavy atom. The maximum atomic E-state index is 11.3. The lowest BCUT2D eigenvalue weighted by Gasteiger charge is -1.85. The van der Waals surface area contributed by atoms with Gasteiger partial charge in [-0.25, -0.2) is 4.39 Å². The molecule has 0 spiro atoms. The van der Waals surface area contributed by atoms with Gasteiger partial charge in [0.1, 0.15) is 0 Å². The van der Waals surface area contributed by atoms with Crippen LogP contribution in [0.15, 0.2) is 0 Å². The summed E-state index contributed by atoms with van der Waals surface area (Å²) >= 11 is 0. The van der Waals surface area contributed by atoms with Crippen LogP contribution in [0.25, 0.3) is 0 Å². The van der Waals surface area contributed by atoms with Gasteiger partial charge in [-0.3, -0.25) is 0 Å². The molecule has 0 rings (SSSR count). The van der Waals surface area contributed by atoms with Crippen LogP contribution in [0.4, 0.5) is 4.39 Å². The maximum absolute atomic E-state index is 11.3. The first kappa shape index (κ1) is 4.93. The van der Waals surface area contributed by atoms with E-state index in [0.717, 1.165) is 0 Å². The van der Waals surface area contributed by atoms with Gasteiger partial charge in [0.25, 0.3) is 0 Å². The highest BCUT2D eigenvalue weighted by molar-refractivity contribution is 4.50. The highest BCUT2D eigenvalue weighted by Gasteiger charge is 1.85. The number of rotatable bonds is 1. The highest BCUT2D eigenvalue weighted by Crippen LogP contribution is 1.89. The zero-order valence-electron chi connectivity index (χ0n) is 3.37. The number of halogens is 1. The van der Waals surface area contributed by atoms with Crippen LogP contribution in [0.2, 0.25) is 0 Å². The molecular formula is C4H8F. The molecule has 0 nitrogen and oxygen atoms in total. The SMILES string of the molecule is [CH2]C(F)CC. The number of hydrogen-bond acceptors (Lipinski definition) is 0. The predicted molar refractivity (Wildman–Crippen MR) is 20.5 cm³/mol. The molecule has 1 heteroatoms. The van der Waals surface area contributed by atoms with E-state index in [0.29, 0.717) is 6.42 Å². The summed E-state index contributed by atoms with van der Waals surface area (Å²) in [6.07, 6.45) is -0.338. The first-order valence-electron chi connectivity index (χ1n) is 1.74. The van der Waals surface area contributed by atoms with E-state index in [1.165, 1.54) is 0 Å². The van der Waals surface area contributed by atoms with Crippen molar-refractivity contribution in [1.29, 1.82) is 0 Å². The van der Waals surface area contributed by atoms with Gasteiger partial charge in [-0.05, 0) is 13.3 Å². The van der Waals surface area contributed by atoms with Gasteiger partial charge >= 0.3 is 0 Å². The molecule has 0 saturated heterocycles. The van der Waals surface area contributed by atoms with Crippen LogP contribution in [-0.2, 0) is 0 Å². The second-order valence-electron chi connectivity index (χ2n) is 1.01. The minimum atomic E-state index is -0.866. The Hall–Kier alpha value is -0.0700. The molecule has 0 bridgehead atoms. The minimum absolute atomic E-state index is 0.528. The topological polar surface area (TPSA) is 0 Å². The third-order valence-electron chi connectivity index (χ3n) is 0.443. The summed E-state index contributed by atoms with van der Waals surface area (Å²) in [5.41, 5.74) is 0. The van der Waals surface area contributed by atoms with E-state index in [4.69, 9.17) is 0 Å². The smallest absolute Gasteiger partial charge is 0.1000 e. The van der Waals surface area contributed by atoms with E-state index in [-0.39, 0.29) is 0 Å². The second-order valence-corrected chi connectivity index (χ2v) is 1.01. The van der Waals surface area contributed by atoms with Crippen molar-refractivity contribution in [2.24, 2.45) is 0 Å². The van der Waals surface area contributed by atoms with E-state index in [1.807, 2.05) is 0 Å². The van der Waals surface area contributed by atoms with E-state index in [1.54, 1.807) is 6.92 Å². The molecule has 0 N–H and O–H groups in total. The van der Waals surface area contributed by atoms with E-state index in [2.05, 4.69) is 6.92 Å². The summed E-state index contributed by atoms with van der Waals surface area (Å²) in [5, 5.41) is 0. The fourth-order valence-corrected chi connectivity index (χ4v) is 0. The van der Waals surface area contributed by atoms with Crippen molar-refractivity contribution in [2.45, 2.75) is 19.5 Å². The molecule has 0 aromatic rings. The molecule has 0 aromatic heterocycles. The van der Waals surface area contributed by atoms with Crippen molar-refractivity contribution in [3.8, 4) is 0 Å². The third kappa shape index (κ3) is 3.93. The lowest BCUT2D eigenvalue weighted by Crippen LogP contribution is -1.84. The Morgan fingerprint density at radius 1 is 2.00 bits per heavy atom. The molecule has 0 aliphatic heterocycles. The van der Waals surface area contributed by atoms with Crippen LogP contribution in [0.3, 0.4) is 0 Å². The number of hydrogen-bond donors (Lipinski definition) is 0. The molecular weight excluding hydrogens is 67.0 g/mol. The lowest BCUT2D eigenvalue weighted by atomic mass is 10.4. The molecule has 1 atom stereocenters. The van der Waals surface area contributed by atoms with Crippen molar-refractivity contribution >= 4 is 0 Å². The molecule has 31 valence electrons. The van der Waals surface area contributed by atoms with Crippen molar-refractivity contribution < 1.29 is 4.39 Å². The summed E-state index contributed by atoms with van der Waals surface area (Å²) in [6.45, 7) is 4.85. The van der Waals surface area contributed by atoms with Crippen LogP contribution in [0, 0.1) is 6.92 Å². The lowest BCUT2D eigenvalue weighted by molar-refractivity contribution is 0.387. The molecule has 0 aliphatic carbocycles. The summed E-state index contributed by atoms with van der Waals surface area (Å²) in [5.74, 6) is 0. The fraction of sp³-hybridized carbons (Fsp3) is 0.750. The van der Waals surface area contributed by atoms with Crippen molar-refractivity contribution in [3.05, 3.63) is 6.92 Å². The summed E-state index contributed by atoms with van der Waals surface area (Å²) in [4.78, 5) is 0. The Kier molecular flexibility index (Phi) is 2.15. The van der Waals surface area contributed by atoms with Gasteiger partial charge in [0.15, 0.2) is 0 Å². The molecule has 0 heterocycles. The van der Waals surface area contributed by atoms with Crippen LogP contribution in [0.1, 0.15) is 13.3 Å². The monoisotopic (exact) mass is 75.1 g/mol. The van der Waals surface area contributed by atoms with Crippen LogP contribution in [0.5, 0.6) is 0 Å². The highest BCUT2D eigenvalue weighted by atomic mass is 19.1. The largest absolute Gasteiger partial charge is 0.248 e. The maximum Gasteiger partial charge on any atom is 0.1000 e. The first-order chi connectivity index (χ1) is 2.27. The first-order valence-corrected chi connectivity index (χ1v) is 1.74. The summed E-state index contributed by atoms with van der Waals surface area (Å²) < 4.78 is 11.3. The zero-order chi connectivity index (χ0) is 4.28. The van der Waals surface area contributed by atoms with E-state index >= 15 is 0 Å².